The minimum absolute atomic E-state index is 0.149. The van der Waals surface area contributed by atoms with Crippen molar-refractivity contribution in [2.45, 2.75) is 52.0 Å². The minimum Gasteiger partial charge on any atom is -0.382 e. The summed E-state index contributed by atoms with van der Waals surface area (Å²) in [4.78, 5) is 22.4. The lowest BCUT2D eigenvalue weighted by atomic mass is 9.88. The van der Waals surface area contributed by atoms with Crippen LogP contribution in [0.5, 0.6) is 0 Å². The van der Waals surface area contributed by atoms with Gasteiger partial charge in [-0.05, 0) is 107 Å². The van der Waals surface area contributed by atoms with Gasteiger partial charge in [-0.1, -0.05) is 12.1 Å². The number of aryl methyl sites for hydroxylation is 1. The number of nitrogens with zero attached hydrogens (tertiary/aromatic N) is 4. The molecule has 4 aromatic rings. The van der Waals surface area contributed by atoms with Crippen molar-refractivity contribution in [1.82, 2.24) is 14.5 Å². The van der Waals surface area contributed by atoms with Crippen LogP contribution in [0.2, 0.25) is 0 Å². The summed E-state index contributed by atoms with van der Waals surface area (Å²) in [7, 11) is 2.06. The Labute approximate surface area is 244 Å². The summed E-state index contributed by atoms with van der Waals surface area (Å²) in [5, 5.41) is 4.21. The Kier molecular flexibility index (Phi) is 9.37. The Morgan fingerprint density at radius 2 is 1.80 bits per heavy atom. The van der Waals surface area contributed by atoms with E-state index in [0.29, 0.717) is 36.6 Å². The molecule has 2 aromatic carbocycles. The predicted molar refractivity (Wildman–Crippen MR) is 168 cm³/mol. The van der Waals surface area contributed by atoms with E-state index in [9.17, 15) is 4.79 Å². The molecule has 1 fully saturated rings. The van der Waals surface area contributed by atoms with Crippen molar-refractivity contribution in [2.75, 3.05) is 43.1 Å². The van der Waals surface area contributed by atoms with Gasteiger partial charge in [-0.3, -0.25) is 4.79 Å². The number of carbonyl (C=O) groups is 1. The van der Waals surface area contributed by atoms with E-state index in [1.165, 1.54) is 29.3 Å². The van der Waals surface area contributed by atoms with Crippen LogP contribution in [-0.2, 0) is 11.8 Å². The molecule has 5 rings (SSSR count). The zero-order chi connectivity index (χ0) is 28.8. The van der Waals surface area contributed by atoms with E-state index >= 15 is 0 Å². The summed E-state index contributed by atoms with van der Waals surface area (Å²) in [5.41, 5.74) is 5.23. The molecule has 7 heteroatoms. The molecule has 1 N–H and O–H groups in total. The normalized spacial score (nSPS) is 14.6. The fourth-order valence-electron chi connectivity index (χ4n) is 5.81. The highest BCUT2D eigenvalue weighted by Crippen LogP contribution is 2.31. The molecule has 3 heterocycles. The molecule has 0 atom stereocenters. The van der Waals surface area contributed by atoms with Crippen LogP contribution < -0.4 is 10.2 Å². The number of nitrogens with one attached hydrogen (secondary N) is 1. The lowest BCUT2D eigenvalue weighted by molar-refractivity contribution is 0.102. The number of hydrogen-bond acceptors (Lipinski definition) is 5. The van der Waals surface area contributed by atoms with Crippen LogP contribution in [0.1, 0.15) is 61.9 Å². The molecule has 0 radical (unpaired) electrons. The van der Waals surface area contributed by atoms with Gasteiger partial charge in [0.25, 0.3) is 5.91 Å². The number of amides is 1. The van der Waals surface area contributed by atoms with Gasteiger partial charge in [0, 0.05) is 79.1 Å². The molecule has 7 nitrogen and oxygen atoms in total. The predicted octanol–water partition coefficient (Wildman–Crippen LogP) is 6.98. The fraction of sp³-hybridized carbons (Fsp3) is 0.412. The minimum atomic E-state index is -0.149. The zero-order valence-electron chi connectivity index (χ0n) is 24.8. The number of anilines is 3. The third-order valence-electron chi connectivity index (χ3n) is 8.26. The molecule has 1 amide bonds. The number of fused-ring (bicyclic) bond motifs is 1. The van der Waals surface area contributed by atoms with Crippen molar-refractivity contribution in [2.24, 2.45) is 7.05 Å². The van der Waals surface area contributed by atoms with Crippen LogP contribution in [0.4, 0.5) is 17.2 Å². The van der Waals surface area contributed by atoms with E-state index in [2.05, 4.69) is 88.2 Å². The summed E-state index contributed by atoms with van der Waals surface area (Å²) in [6.07, 6.45) is 7.05. The highest BCUT2D eigenvalue weighted by atomic mass is 16.5. The number of piperidine rings is 1. The van der Waals surface area contributed by atoms with E-state index in [4.69, 9.17) is 4.74 Å². The Bertz CT molecular complexity index is 1440. The number of rotatable bonds is 11. The molecule has 2 aromatic heterocycles. The summed E-state index contributed by atoms with van der Waals surface area (Å²) >= 11 is 0. The molecule has 0 spiro atoms. The topological polar surface area (TPSA) is 62.6 Å². The molecule has 1 aliphatic rings. The Morgan fingerprint density at radius 1 is 1.05 bits per heavy atom. The largest absolute Gasteiger partial charge is 0.382 e. The van der Waals surface area contributed by atoms with Crippen molar-refractivity contribution < 1.29 is 9.53 Å². The second-order valence-corrected chi connectivity index (χ2v) is 11.3. The maximum absolute atomic E-state index is 13.2. The Morgan fingerprint density at radius 3 is 2.54 bits per heavy atom. The third kappa shape index (κ3) is 6.97. The number of pyridine rings is 1. The van der Waals surface area contributed by atoms with E-state index in [1.54, 1.807) is 6.20 Å². The van der Waals surface area contributed by atoms with Gasteiger partial charge in [0.15, 0.2) is 0 Å². The average molecular weight is 554 g/mol. The number of hydrogen-bond donors (Lipinski definition) is 1. The molecule has 0 unspecified atom stereocenters. The van der Waals surface area contributed by atoms with Crippen LogP contribution in [0.25, 0.3) is 10.9 Å². The first-order valence-corrected chi connectivity index (χ1v) is 14.9. The van der Waals surface area contributed by atoms with E-state index < -0.39 is 0 Å². The maximum atomic E-state index is 13.2. The van der Waals surface area contributed by atoms with Gasteiger partial charge in [-0.15, -0.1) is 0 Å². The Balaban J connectivity index is 1.29. The summed E-state index contributed by atoms with van der Waals surface area (Å²) in [6.45, 7) is 11.0. The second kappa shape index (κ2) is 13.3. The van der Waals surface area contributed by atoms with Gasteiger partial charge in [-0.2, -0.15) is 0 Å². The van der Waals surface area contributed by atoms with Crippen LogP contribution >= 0.6 is 0 Å². The molecule has 1 aliphatic heterocycles. The highest BCUT2D eigenvalue weighted by Gasteiger charge is 2.22. The molecule has 0 bridgehead atoms. The van der Waals surface area contributed by atoms with Crippen molar-refractivity contribution in [3.05, 3.63) is 84.2 Å². The number of likely N-dealkylation sites (tertiary alicyclic amines) is 1. The fourth-order valence-corrected chi connectivity index (χ4v) is 5.81. The highest BCUT2D eigenvalue weighted by molar-refractivity contribution is 6.04. The lowest BCUT2D eigenvalue weighted by Crippen LogP contribution is -2.37. The van der Waals surface area contributed by atoms with Gasteiger partial charge in [0.2, 0.25) is 0 Å². The van der Waals surface area contributed by atoms with Gasteiger partial charge in [0.05, 0.1) is 0 Å². The maximum Gasteiger partial charge on any atom is 0.256 e. The zero-order valence-corrected chi connectivity index (χ0v) is 24.8. The molecule has 1 saturated heterocycles. The first kappa shape index (κ1) is 28.8. The van der Waals surface area contributed by atoms with Crippen molar-refractivity contribution in [1.29, 1.82) is 0 Å². The molecular weight excluding hydrogens is 510 g/mol. The number of benzene rings is 2. The van der Waals surface area contributed by atoms with Gasteiger partial charge in [0.1, 0.15) is 5.82 Å². The van der Waals surface area contributed by atoms with E-state index in [-0.39, 0.29) is 5.91 Å². The second-order valence-electron chi connectivity index (χ2n) is 11.3. The summed E-state index contributed by atoms with van der Waals surface area (Å²) < 4.78 is 7.74. The molecule has 216 valence electrons. The number of ether oxygens (including phenoxy) is 1. The van der Waals surface area contributed by atoms with Crippen LogP contribution in [0, 0.1) is 0 Å². The monoisotopic (exact) mass is 553 g/mol. The van der Waals surface area contributed by atoms with E-state index in [0.717, 1.165) is 37.4 Å². The van der Waals surface area contributed by atoms with E-state index in [1.807, 2.05) is 31.2 Å². The van der Waals surface area contributed by atoms with Gasteiger partial charge in [-0.25, -0.2) is 4.98 Å². The van der Waals surface area contributed by atoms with Crippen LogP contribution in [0.15, 0.2) is 73.1 Å². The summed E-state index contributed by atoms with van der Waals surface area (Å²) in [5.74, 6) is 0.946. The van der Waals surface area contributed by atoms with Crippen LogP contribution in [-0.4, -0.2) is 59.2 Å². The standard InChI is InChI=1S/C34H43N5O2/c1-5-41-22-6-18-39(30-11-12-32-29(23-30)14-19-37(32)4)31-13-17-35-33(24-31)36-34(40)28-9-7-26(8-10-28)27-15-20-38(21-16-27)25(2)3/h7-14,17,19,23-25,27H,5-6,15-16,18,20-22H2,1-4H3,(H,35,36,40). The molecule has 41 heavy (non-hydrogen) atoms. The number of carbonyl (C=O) groups excluding carboxylic acids is 1. The third-order valence-corrected chi connectivity index (χ3v) is 8.26. The van der Waals surface area contributed by atoms with Crippen molar-refractivity contribution in [3.8, 4) is 0 Å². The summed E-state index contributed by atoms with van der Waals surface area (Å²) in [6, 6.07) is 21.3. The number of aromatic nitrogens is 2. The smallest absolute Gasteiger partial charge is 0.256 e. The molecule has 0 aliphatic carbocycles. The van der Waals surface area contributed by atoms with Gasteiger partial charge >= 0.3 is 0 Å². The molecule has 0 saturated carbocycles. The first-order valence-electron chi connectivity index (χ1n) is 14.9. The molecular formula is C34H43N5O2. The Hall–Kier alpha value is -3.68. The van der Waals surface area contributed by atoms with Crippen LogP contribution in [0.3, 0.4) is 0 Å². The lowest BCUT2D eigenvalue weighted by Gasteiger charge is -2.34. The van der Waals surface area contributed by atoms with Gasteiger partial charge < -0.3 is 24.4 Å². The first-order chi connectivity index (χ1) is 19.9. The van der Waals surface area contributed by atoms with Crippen molar-refractivity contribution in [3.63, 3.8) is 0 Å². The SMILES string of the molecule is CCOCCCN(c1ccnc(NC(=O)c2ccc(C3CCN(C(C)C)CC3)cc2)c1)c1ccc2c(ccn2C)c1. The average Bonchev–Trinajstić information content (AvgIpc) is 3.37. The quantitative estimate of drug-likeness (QED) is 0.203. The van der Waals surface area contributed by atoms with Crippen molar-refractivity contribution >= 4 is 34.0 Å².